The third-order valence-electron chi connectivity index (χ3n) is 5.51. The average molecular weight is 215 g/mol. The molecular formula is H20B18. The SMILES string of the molecule is BBB(B)B(B(BB)BB)B(BB)B(BB)BB. The van der Waals surface area contributed by atoms with Crippen LogP contribution in [-0.4, -0.2) is 128 Å². The number of hydrogen-bond donors (Lipinski definition) is 0. The minimum absolute atomic E-state index is 0.889. The number of hydrogen-bond acceptors (Lipinski definition) is 0. The van der Waals surface area contributed by atoms with E-state index in [4.69, 9.17) is 0 Å². The largest absolute Gasteiger partial charge is 0.0594 e. The zero-order valence-corrected chi connectivity index (χ0v) is 14.1. The molecule has 0 atom stereocenters. The summed E-state index contributed by atoms with van der Waals surface area (Å²) >= 11 is 0. The van der Waals surface area contributed by atoms with Gasteiger partial charge in [0.2, 0.25) is 0 Å². The lowest BCUT2D eigenvalue weighted by atomic mass is 8.45. The van der Waals surface area contributed by atoms with Gasteiger partial charge in [-0.05, 0) is 0 Å². The van der Waals surface area contributed by atoms with Crippen LogP contribution < -0.4 is 0 Å². The van der Waals surface area contributed by atoms with Crippen molar-refractivity contribution in [3.63, 3.8) is 0 Å². The van der Waals surface area contributed by atoms with Crippen LogP contribution in [0.25, 0.3) is 0 Å². The van der Waals surface area contributed by atoms with Gasteiger partial charge in [-0.15, -0.1) is 0 Å². The fourth-order valence-corrected chi connectivity index (χ4v) is 4.16. The van der Waals surface area contributed by atoms with Crippen molar-refractivity contribution < 1.29 is 0 Å². The minimum Gasteiger partial charge on any atom is 0.00248 e. The third kappa shape index (κ3) is 5.28. The Balaban J connectivity index is 5.10. The van der Waals surface area contributed by atoms with Crippen LogP contribution in [0.1, 0.15) is 0 Å². The standard InChI is InChI=1S/B18H20/c1-8-14(7)18(16(11-4)12-5)17(13-6)15(9-2)10-3/h8-13H,1-7H2. The van der Waals surface area contributed by atoms with Gasteiger partial charge in [0.1, 0.15) is 0 Å². The van der Waals surface area contributed by atoms with E-state index in [0.717, 1.165) is 31.9 Å². The zero-order chi connectivity index (χ0) is 14.1. The van der Waals surface area contributed by atoms with E-state index in [1.807, 2.05) is 0 Å². The molecular weight excluding hydrogens is 195 g/mol. The van der Waals surface area contributed by atoms with Crippen LogP contribution in [0.15, 0.2) is 0 Å². The maximum Gasteiger partial charge on any atom is 0.0594 e. The van der Waals surface area contributed by atoms with E-state index >= 15 is 0 Å². The Morgan fingerprint density at radius 3 is 1.28 bits per heavy atom. The molecule has 0 unspecified atom stereocenters. The molecule has 0 aromatic heterocycles. The van der Waals surface area contributed by atoms with Crippen molar-refractivity contribution in [2.75, 3.05) is 0 Å². The first-order valence-electron chi connectivity index (χ1n) is 8.60. The van der Waals surface area contributed by atoms with Crippen LogP contribution in [0.5, 0.6) is 0 Å². The van der Waals surface area contributed by atoms with Gasteiger partial charge in [-0.2, -0.15) is 0 Å². The molecule has 0 spiro atoms. The first-order chi connectivity index (χ1) is 8.60. The maximum atomic E-state index is 2.49. The molecule has 0 nitrogen and oxygen atoms in total. The Kier molecular flexibility index (Phi) is 11.6. The van der Waals surface area contributed by atoms with Crippen molar-refractivity contribution in [2.45, 2.75) is 0 Å². The predicted octanol–water partition coefficient (Wildman–Crippen LogP) is -12.2. The Bertz CT molecular complexity index is 176. The lowest BCUT2D eigenvalue weighted by Gasteiger charge is -2.35. The van der Waals surface area contributed by atoms with E-state index in [1.165, 1.54) is 42.4 Å². The second-order valence-corrected chi connectivity index (χ2v) is 6.19. The van der Waals surface area contributed by atoms with Crippen molar-refractivity contribution in [3.05, 3.63) is 0 Å². The Morgan fingerprint density at radius 2 is 1.00 bits per heavy atom. The predicted molar refractivity (Wildman–Crippen MR) is 131 cm³/mol. The Labute approximate surface area is 128 Å². The van der Waals surface area contributed by atoms with Crippen LogP contribution >= 0.6 is 0 Å². The monoisotopic (exact) mass is 218 g/mol. The first-order valence-corrected chi connectivity index (χ1v) is 8.60. The van der Waals surface area contributed by atoms with Crippen LogP contribution in [0.3, 0.4) is 0 Å². The number of rotatable bonds is 10. The second kappa shape index (κ2) is 10.9. The molecule has 0 rings (SSSR count). The molecule has 0 amide bonds. The highest BCUT2D eigenvalue weighted by atomic mass is 13.2. The third-order valence-corrected chi connectivity index (χ3v) is 5.51. The van der Waals surface area contributed by atoms with Gasteiger partial charge in [0.15, 0.2) is 0 Å². The molecule has 0 heterocycles. The molecule has 0 aliphatic carbocycles. The minimum atomic E-state index is 0.889. The summed E-state index contributed by atoms with van der Waals surface area (Å²) in [6.07, 6.45) is 4.65. The molecule has 18 heavy (non-hydrogen) atoms. The fourth-order valence-electron chi connectivity index (χ4n) is 4.16. The second-order valence-electron chi connectivity index (χ2n) is 6.19. The van der Waals surface area contributed by atoms with Gasteiger partial charge in [0, 0.05) is 74.3 Å². The summed E-state index contributed by atoms with van der Waals surface area (Å²) in [5.41, 5.74) is 0. The molecule has 0 aliphatic heterocycles. The molecule has 74 valence electrons. The van der Waals surface area contributed by atoms with Crippen LogP contribution in [0, 0.1) is 0 Å². The van der Waals surface area contributed by atoms with Crippen LogP contribution in [-0.2, 0) is 0 Å². The summed E-state index contributed by atoms with van der Waals surface area (Å²) in [6.45, 7) is 0. The van der Waals surface area contributed by atoms with Crippen molar-refractivity contribution >= 4 is 128 Å². The van der Waals surface area contributed by atoms with Gasteiger partial charge in [-0.25, -0.2) is 0 Å². The highest BCUT2D eigenvalue weighted by Crippen LogP contribution is 1.99. The van der Waals surface area contributed by atoms with Gasteiger partial charge >= 0.3 is 0 Å². The van der Waals surface area contributed by atoms with Crippen molar-refractivity contribution in [2.24, 2.45) is 0 Å². The topological polar surface area (TPSA) is 0 Å². The highest BCUT2D eigenvalue weighted by Gasteiger charge is 2.39. The molecule has 0 fully saturated rings. The molecule has 0 N–H and O–H groups in total. The summed E-state index contributed by atoms with van der Waals surface area (Å²) in [6, 6.07) is 0. The molecule has 18 heteroatoms. The van der Waals surface area contributed by atoms with Crippen LogP contribution in [0.2, 0.25) is 0 Å². The molecule has 0 aromatic carbocycles. The Morgan fingerprint density at radius 1 is 0.556 bits per heavy atom. The quantitative estimate of drug-likeness (QED) is 0.317. The normalized spacial score (nSPS) is 8.44. The summed E-state index contributed by atoms with van der Waals surface area (Å²) in [7, 11) is 25.0. The lowest BCUT2D eigenvalue weighted by Crippen LogP contribution is -2.74. The summed E-state index contributed by atoms with van der Waals surface area (Å²) in [4.78, 5) is 0. The van der Waals surface area contributed by atoms with E-state index in [9.17, 15) is 0 Å². The van der Waals surface area contributed by atoms with Gasteiger partial charge in [-0.3, -0.25) is 0 Å². The summed E-state index contributed by atoms with van der Waals surface area (Å²) in [5.74, 6) is 0. The van der Waals surface area contributed by atoms with E-state index in [2.05, 4.69) is 54.2 Å². The smallest absolute Gasteiger partial charge is 0.00248 e. The Hall–Kier alpha value is 1.17. The van der Waals surface area contributed by atoms with Gasteiger partial charge < -0.3 is 0 Å². The van der Waals surface area contributed by atoms with Gasteiger partial charge in [0.05, 0.1) is 54.2 Å². The van der Waals surface area contributed by atoms with Gasteiger partial charge in [-0.1, -0.05) is 0 Å². The van der Waals surface area contributed by atoms with Crippen molar-refractivity contribution in [1.29, 1.82) is 0 Å². The molecule has 0 aromatic rings. The van der Waals surface area contributed by atoms with E-state index in [0.29, 0.717) is 0 Å². The molecule has 0 radical (unpaired) electrons. The maximum absolute atomic E-state index is 2.49. The first kappa shape index (κ1) is 19.2. The van der Waals surface area contributed by atoms with E-state index in [1.54, 1.807) is 0 Å². The molecule has 0 bridgehead atoms. The molecule has 0 saturated heterocycles. The van der Waals surface area contributed by atoms with Crippen molar-refractivity contribution in [1.82, 2.24) is 0 Å². The average Bonchev–Trinajstić information content (AvgIpc) is 2.42. The van der Waals surface area contributed by atoms with Crippen molar-refractivity contribution in [3.8, 4) is 0 Å². The zero-order valence-electron chi connectivity index (χ0n) is 14.1. The molecule has 0 saturated carbocycles. The van der Waals surface area contributed by atoms with E-state index in [-0.39, 0.29) is 0 Å². The lowest BCUT2D eigenvalue weighted by molar-refractivity contribution is 3.39. The van der Waals surface area contributed by atoms with Gasteiger partial charge in [0.25, 0.3) is 0 Å². The van der Waals surface area contributed by atoms with E-state index < -0.39 is 0 Å². The molecule has 0 aliphatic rings. The highest BCUT2D eigenvalue weighted by molar-refractivity contribution is 8.13. The summed E-state index contributed by atoms with van der Waals surface area (Å²) < 4.78 is 0. The summed E-state index contributed by atoms with van der Waals surface area (Å²) in [5, 5.41) is 0. The fraction of sp³-hybridized carbons (Fsp3) is 0. The van der Waals surface area contributed by atoms with Crippen LogP contribution in [0.4, 0.5) is 0 Å².